The molecule has 0 spiro atoms. The van der Waals surface area contributed by atoms with E-state index >= 15 is 0 Å². The zero-order chi connectivity index (χ0) is 18.8. The van der Waals surface area contributed by atoms with Crippen LogP contribution in [0.1, 0.15) is 25.7 Å². The minimum atomic E-state index is -0.175. The zero-order valence-corrected chi connectivity index (χ0v) is 15.9. The van der Waals surface area contributed by atoms with E-state index in [0.29, 0.717) is 10.2 Å². The molecule has 0 aliphatic heterocycles. The molecule has 1 N–H and O–H groups in total. The molecule has 27 heavy (non-hydrogen) atoms. The third kappa shape index (κ3) is 3.73. The molecule has 0 atom stereocenters. The summed E-state index contributed by atoms with van der Waals surface area (Å²) >= 11 is 1.40. The number of hydrogen-bond acceptors (Lipinski definition) is 5. The Hall–Kier alpha value is -2.67. The monoisotopic (exact) mass is 383 g/mol. The number of rotatable bonds is 5. The first kappa shape index (κ1) is 17.7. The standard InChI is InChI=1S/C20H21N3O3S/c1-26-15-8-6-13(7-9-15)17-10-16-19(27-17)20(25)23(12-21-16)11-18(24)22-14-4-2-3-5-14/h6-10,12,14H,2-5,11H2,1H3,(H,22,24). The molecule has 0 saturated heterocycles. The molecule has 0 radical (unpaired) electrons. The van der Waals surface area contributed by atoms with Gasteiger partial charge in [-0.05, 0) is 48.7 Å². The van der Waals surface area contributed by atoms with Gasteiger partial charge in [-0.2, -0.15) is 0 Å². The van der Waals surface area contributed by atoms with E-state index in [9.17, 15) is 9.59 Å². The smallest absolute Gasteiger partial charge is 0.271 e. The van der Waals surface area contributed by atoms with E-state index in [0.717, 1.165) is 41.9 Å². The van der Waals surface area contributed by atoms with Crippen molar-refractivity contribution in [3.8, 4) is 16.2 Å². The molecule has 1 fully saturated rings. The molecule has 6 nitrogen and oxygen atoms in total. The van der Waals surface area contributed by atoms with Crippen molar-refractivity contribution in [3.63, 3.8) is 0 Å². The fraction of sp³-hybridized carbons (Fsp3) is 0.350. The largest absolute Gasteiger partial charge is 0.497 e. The summed E-state index contributed by atoms with van der Waals surface area (Å²) in [5, 5.41) is 3.01. The maximum absolute atomic E-state index is 12.8. The van der Waals surface area contributed by atoms with Crippen LogP contribution in [0.5, 0.6) is 5.75 Å². The van der Waals surface area contributed by atoms with Crippen LogP contribution >= 0.6 is 11.3 Å². The SMILES string of the molecule is COc1ccc(-c2cc3ncn(CC(=O)NC4CCCC4)c(=O)c3s2)cc1. The van der Waals surface area contributed by atoms with Crippen molar-refractivity contribution in [2.75, 3.05) is 7.11 Å². The Morgan fingerprint density at radius 1 is 1.30 bits per heavy atom. The second-order valence-electron chi connectivity index (χ2n) is 6.78. The molecule has 1 aliphatic rings. The number of ether oxygens (including phenoxy) is 1. The molecule has 2 aromatic heterocycles. The Morgan fingerprint density at radius 3 is 2.74 bits per heavy atom. The Kier molecular flexibility index (Phi) is 4.94. The van der Waals surface area contributed by atoms with Gasteiger partial charge in [0, 0.05) is 10.9 Å². The van der Waals surface area contributed by atoms with Gasteiger partial charge in [-0.3, -0.25) is 14.2 Å². The first-order valence-electron chi connectivity index (χ1n) is 9.07. The van der Waals surface area contributed by atoms with Crippen molar-refractivity contribution in [1.29, 1.82) is 0 Å². The van der Waals surface area contributed by atoms with Gasteiger partial charge in [-0.1, -0.05) is 12.8 Å². The number of carbonyl (C=O) groups is 1. The third-order valence-electron chi connectivity index (χ3n) is 4.91. The highest BCUT2D eigenvalue weighted by molar-refractivity contribution is 7.22. The number of nitrogens with one attached hydrogen (secondary N) is 1. The number of fused-ring (bicyclic) bond motifs is 1. The Morgan fingerprint density at radius 2 is 2.04 bits per heavy atom. The fourth-order valence-corrected chi connectivity index (χ4v) is 4.52. The van der Waals surface area contributed by atoms with E-state index in [-0.39, 0.29) is 24.1 Å². The third-order valence-corrected chi connectivity index (χ3v) is 6.07. The van der Waals surface area contributed by atoms with Gasteiger partial charge in [-0.25, -0.2) is 4.98 Å². The summed E-state index contributed by atoms with van der Waals surface area (Å²) in [7, 11) is 1.63. The highest BCUT2D eigenvalue weighted by Crippen LogP contribution is 2.31. The maximum Gasteiger partial charge on any atom is 0.271 e. The van der Waals surface area contributed by atoms with Crippen molar-refractivity contribution < 1.29 is 9.53 Å². The molecule has 1 aromatic carbocycles. The lowest BCUT2D eigenvalue weighted by molar-refractivity contribution is -0.122. The Balaban J connectivity index is 1.57. The van der Waals surface area contributed by atoms with Gasteiger partial charge in [0.1, 0.15) is 17.0 Å². The number of amides is 1. The van der Waals surface area contributed by atoms with Crippen LogP contribution in [0.15, 0.2) is 41.5 Å². The van der Waals surface area contributed by atoms with Gasteiger partial charge in [0.05, 0.1) is 19.0 Å². The van der Waals surface area contributed by atoms with Crippen LogP contribution in [0, 0.1) is 0 Å². The predicted octanol–water partition coefficient (Wildman–Crippen LogP) is 3.19. The summed E-state index contributed by atoms with van der Waals surface area (Å²) in [6.07, 6.45) is 5.81. The van der Waals surface area contributed by atoms with Crippen LogP contribution in [0.2, 0.25) is 0 Å². The van der Waals surface area contributed by atoms with Crippen molar-refractivity contribution >= 4 is 27.5 Å². The highest BCUT2D eigenvalue weighted by Gasteiger charge is 2.18. The summed E-state index contributed by atoms with van der Waals surface area (Å²) in [5.74, 6) is 0.658. The molecule has 0 bridgehead atoms. The number of methoxy groups -OCH3 is 1. The van der Waals surface area contributed by atoms with Crippen LogP contribution in [-0.4, -0.2) is 28.6 Å². The van der Waals surface area contributed by atoms with Crippen molar-refractivity contribution in [3.05, 3.63) is 47.0 Å². The first-order chi connectivity index (χ1) is 13.1. The van der Waals surface area contributed by atoms with E-state index in [1.807, 2.05) is 30.3 Å². The van der Waals surface area contributed by atoms with Crippen molar-refractivity contribution in [1.82, 2.24) is 14.9 Å². The molecule has 3 aromatic rings. The molecule has 1 saturated carbocycles. The zero-order valence-electron chi connectivity index (χ0n) is 15.1. The number of benzene rings is 1. The number of carbonyl (C=O) groups excluding carboxylic acids is 1. The van der Waals surface area contributed by atoms with E-state index in [4.69, 9.17) is 4.74 Å². The average Bonchev–Trinajstić information content (AvgIpc) is 3.34. The lowest BCUT2D eigenvalue weighted by Gasteiger charge is -2.12. The summed E-state index contributed by atoms with van der Waals surface area (Å²) < 4.78 is 7.14. The molecule has 1 aliphatic carbocycles. The molecular formula is C20H21N3O3S. The lowest BCUT2D eigenvalue weighted by atomic mass is 10.2. The summed E-state index contributed by atoms with van der Waals surface area (Å²) in [5.41, 5.74) is 1.48. The molecule has 7 heteroatoms. The summed E-state index contributed by atoms with van der Waals surface area (Å²) in [6, 6.07) is 9.84. The Bertz CT molecular complexity index is 1020. The average molecular weight is 383 g/mol. The maximum atomic E-state index is 12.8. The normalized spacial score (nSPS) is 14.6. The molecular weight excluding hydrogens is 362 g/mol. The van der Waals surface area contributed by atoms with Gasteiger partial charge in [0.15, 0.2) is 0 Å². The summed E-state index contributed by atoms with van der Waals surface area (Å²) in [4.78, 5) is 30.4. The molecule has 0 unspecified atom stereocenters. The number of thiophene rings is 1. The second-order valence-corrected chi connectivity index (χ2v) is 7.83. The van der Waals surface area contributed by atoms with Crippen LogP contribution < -0.4 is 15.6 Å². The molecule has 2 heterocycles. The fourth-order valence-electron chi connectivity index (χ4n) is 3.45. The molecule has 4 rings (SSSR count). The molecule has 1 amide bonds. The van der Waals surface area contributed by atoms with Gasteiger partial charge < -0.3 is 10.1 Å². The van der Waals surface area contributed by atoms with Gasteiger partial charge in [0.25, 0.3) is 5.56 Å². The first-order valence-corrected chi connectivity index (χ1v) is 9.88. The van der Waals surface area contributed by atoms with Gasteiger partial charge >= 0.3 is 0 Å². The van der Waals surface area contributed by atoms with Crippen LogP contribution in [0.4, 0.5) is 0 Å². The van der Waals surface area contributed by atoms with E-state index < -0.39 is 0 Å². The van der Waals surface area contributed by atoms with Crippen LogP contribution in [-0.2, 0) is 11.3 Å². The van der Waals surface area contributed by atoms with E-state index in [1.54, 1.807) is 7.11 Å². The summed E-state index contributed by atoms with van der Waals surface area (Å²) in [6.45, 7) is 0.00798. The topological polar surface area (TPSA) is 73.2 Å². The number of nitrogens with zero attached hydrogens (tertiary/aromatic N) is 2. The van der Waals surface area contributed by atoms with Gasteiger partial charge in [0.2, 0.25) is 5.91 Å². The van der Waals surface area contributed by atoms with E-state index in [2.05, 4.69) is 10.3 Å². The van der Waals surface area contributed by atoms with Gasteiger partial charge in [-0.15, -0.1) is 11.3 Å². The minimum absolute atomic E-state index is 0.00798. The van der Waals surface area contributed by atoms with Crippen LogP contribution in [0.25, 0.3) is 20.7 Å². The number of aromatic nitrogens is 2. The molecule has 140 valence electrons. The highest BCUT2D eigenvalue weighted by atomic mass is 32.1. The van der Waals surface area contributed by atoms with Crippen molar-refractivity contribution in [2.24, 2.45) is 0 Å². The Labute approximate surface area is 160 Å². The van der Waals surface area contributed by atoms with E-state index in [1.165, 1.54) is 22.2 Å². The van der Waals surface area contributed by atoms with Crippen LogP contribution in [0.3, 0.4) is 0 Å². The predicted molar refractivity (Wildman–Crippen MR) is 106 cm³/mol. The lowest BCUT2D eigenvalue weighted by Crippen LogP contribution is -2.37. The van der Waals surface area contributed by atoms with Crippen molar-refractivity contribution in [2.45, 2.75) is 38.3 Å². The minimum Gasteiger partial charge on any atom is -0.497 e. The number of hydrogen-bond donors (Lipinski definition) is 1. The quantitative estimate of drug-likeness (QED) is 0.734. The second kappa shape index (κ2) is 7.52.